The van der Waals surface area contributed by atoms with Crippen molar-refractivity contribution < 1.29 is 22.6 Å². The van der Waals surface area contributed by atoms with Crippen LogP contribution in [0.4, 0.5) is 13.2 Å². The highest BCUT2D eigenvalue weighted by atomic mass is 32.1. The number of halogens is 3. The van der Waals surface area contributed by atoms with Gasteiger partial charge in [0.1, 0.15) is 17.3 Å². The van der Waals surface area contributed by atoms with Crippen LogP contribution in [0.1, 0.15) is 12.0 Å². The third-order valence-corrected chi connectivity index (χ3v) is 2.33. The second-order valence-corrected chi connectivity index (χ2v) is 4.17. The minimum absolute atomic E-state index is 0.0191. The standard InChI is InChI=1S/C12H14F3NO2S/c13-12(14,15)8-17-6-3-7-18-10-5-2-1-4-9(10)11(16)19/h1-2,4-5H,3,6-8H2,(H2,16,19). The van der Waals surface area contributed by atoms with Crippen molar-refractivity contribution >= 4 is 17.2 Å². The third kappa shape index (κ3) is 6.40. The molecule has 106 valence electrons. The van der Waals surface area contributed by atoms with E-state index >= 15 is 0 Å². The Morgan fingerprint density at radius 3 is 2.53 bits per heavy atom. The van der Waals surface area contributed by atoms with Gasteiger partial charge in [-0.3, -0.25) is 0 Å². The fraction of sp³-hybridized carbons (Fsp3) is 0.417. The molecule has 2 N–H and O–H groups in total. The molecule has 0 saturated carbocycles. The molecule has 0 spiro atoms. The third-order valence-electron chi connectivity index (χ3n) is 2.11. The maximum Gasteiger partial charge on any atom is 0.411 e. The second-order valence-electron chi connectivity index (χ2n) is 3.73. The highest BCUT2D eigenvalue weighted by Crippen LogP contribution is 2.18. The van der Waals surface area contributed by atoms with Crippen LogP contribution in [0.25, 0.3) is 0 Å². The number of hydrogen-bond acceptors (Lipinski definition) is 3. The predicted octanol–water partition coefficient (Wildman–Crippen LogP) is 2.67. The van der Waals surface area contributed by atoms with Crippen LogP contribution < -0.4 is 10.5 Å². The number of thiocarbonyl (C=S) groups is 1. The normalized spacial score (nSPS) is 11.3. The summed E-state index contributed by atoms with van der Waals surface area (Å²) >= 11 is 4.86. The molecule has 0 aliphatic carbocycles. The van der Waals surface area contributed by atoms with Gasteiger partial charge in [-0.1, -0.05) is 24.4 Å². The lowest BCUT2D eigenvalue weighted by Crippen LogP contribution is -2.18. The van der Waals surface area contributed by atoms with Crippen molar-refractivity contribution in [1.29, 1.82) is 0 Å². The van der Waals surface area contributed by atoms with Crippen molar-refractivity contribution in [2.45, 2.75) is 12.6 Å². The number of alkyl halides is 3. The van der Waals surface area contributed by atoms with E-state index in [0.717, 1.165) is 0 Å². The van der Waals surface area contributed by atoms with E-state index in [0.29, 0.717) is 17.7 Å². The second kappa shape index (κ2) is 7.30. The van der Waals surface area contributed by atoms with Gasteiger partial charge >= 0.3 is 6.18 Å². The van der Waals surface area contributed by atoms with Crippen molar-refractivity contribution in [2.75, 3.05) is 19.8 Å². The molecule has 1 aromatic rings. The fourth-order valence-electron chi connectivity index (χ4n) is 1.33. The van der Waals surface area contributed by atoms with E-state index in [2.05, 4.69) is 4.74 Å². The molecule has 0 atom stereocenters. The zero-order valence-corrected chi connectivity index (χ0v) is 10.9. The molecule has 1 aromatic carbocycles. The summed E-state index contributed by atoms with van der Waals surface area (Å²) in [5.41, 5.74) is 6.12. The molecule has 0 aromatic heterocycles. The quantitative estimate of drug-likeness (QED) is 0.620. The first kappa shape index (κ1) is 15.7. The maximum absolute atomic E-state index is 11.8. The minimum atomic E-state index is -4.29. The van der Waals surface area contributed by atoms with Crippen LogP contribution in [0.3, 0.4) is 0 Å². The van der Waals surface area contributed by atoms with Crippen molar-refractivity contribution in [1.82, 2.24) is 0 Å². The van der Waals surface area contributed by atoms with Crippen molar-refractivity contribution in [3.63, 3.8) is 0 Å². The molecule has 0 radical (unpaired) electrons. The van der Waals surface area contributed by atoms with Crippen LogP contribution in [0.5, 0.6) is 5.75 Å². The van der Waals surface area contributed by atoms with Crippen LogP contribution >= 0.6 is 12.2 Å². The Hall–Kier alpha value is -1.34. The van der Waals surface area contributed by atoms with Gasteiger partial charge in [-0.05, 0) is 12.1 Å². The summed E-state index contributed by atoms with van der Waals surface area (Å²) < 4.78 is 45.2. The zero-order valence-electron chi connectivity index (χ0n) is 10.1. The van der Waals surface area contributed by atoms with Crippen LogP contribution in [0.15, 0.2) is 24.3 Å². The SMILES string of the molecule is NC(=S)c1ccccc1OCCCOCC(F)(F)F. The number of para-hydroxylation sites is 1. The van der Waals surface area contributed by atoms with Crippen LogP contribution in [-0.2, 0) is 4.74 Å². The van der Waals surface area contributed by atoms with Crippen molar-refractivity contribution in [3.8, 4) is 5.75 Å². The molecule has 19 heavy (non-hydrogen) atoms. The molecule has 3 nitrogen and oxygen atoms in total. The van der Waals surface area contributed by atoms with Crippen molar-refractivity contribution in [3.05, 3.63) is 29.8 Å². The molecule has 0 amide bonds. The van der Waals surface area contributed by atoms with Gasteiger partial charge in [0.2, 0.25) is 0 Å². The van der Waals surface area contributed by atoms with Gasteiger partial charge in [0.15, 0.2) is 0 Å². The molecule has 0 heterocycles. The van der Waals surface area contributed by atoms with Crippen LogP contribution in [0.2, 0.25) is 0 Å². The average molecular weight is 293 g/mol. The van der Waals surface area contributed by atoms with Crippen LogP contribution in [0, 0.1) is 0 Å². The molecular formula is C12H14F3NO2S. The first-order chi connectivity index (χ1) is 8.90. The lowest BCUT2D eigenvalue weighted by Gasteiger charge is -2.11. The molecular weight excluding hydrogens is 279 g/mol. The van der Waals surface area contributed by atoms with Gasteiger partial charge < -0.3 is 15.2 Å². The summed E-state index contributed by atoms with van der Waals surface area (Å²) in [6.07, 6.45) is -3.94. The lowest BCUT2D eigenvalue weighted by molar-refractivity contribution is -0.174. The predicted molar refractivity (Wildman–Crippen MR) is 69.3 cm³/mol. The van der Waals surface area contributed by atoms with Gasteiger partial charge in [-0.15, -0.1) is 0 Å². The summed E-state index contributed by atoms with van der Waals surface area (Å²) in [7, 11) is 0. The largest absolute Gasteiger partial charge is 0.493 e. The Balaban J connectivity index is 2.28. The Morgan fingerprint density at radius 2 is 1.89 bits per heavy atom. The monoisotopic (exact) mass is 293 g/mol. The minimum Gasteiger partial charge on any atom is -0.493 e. The van der Waals surface area contributed by atoms with E-state index in [1.807, 2.05) is 0 Å². The van der Waals surface area contributed by atoms with E-state index in [1.165, 1.54) is 0 Å². The Bertz CT molecular complexity index is 424. The number of hydrogen-bond donors (Lipinski definition) is 1. The summed E-state index contributed by atoms with van der Waals surface area (Å²) in [5, 5.41) is 0. The Kier molecular flexibility index (Phi) is 6.04. The molecule has 7 heteroatoms. The van der Waals surface area contributed by atoms with Gasteiger partial charge in [0, 0.05) is 6.42 Å². The van der Waals surface area contributed by atoms with Gasteiger partial charge in [0.25, 0.3) is 0 Å². The molecule has 0 aliphatic heterocycles. The van der Waals surface area contributed by atoms with Gasteiger partial charge in [-0.25, -0.2) is 0 Å². The van der Waals surface area contributed by atoms with Crippen LogP contribution in [-0.4, -0.2) is 31.0 Å². The highest BCUT2D eigenvalue weighted by Gasteiger charge is 2.27. The Morgan fingerprint density at radius 1 is 1.21 bits per heavy atom. The Labute approximate surface area is 114 Å². The summed E-state index contributed by atoms with van der Waals surface area (Å²) in [6.45, 7) is -1.03. The summed E-state index contributed by atoms with van der Waals surface area (Å²) in [6, 6.07) is 6.95. The molecule has 0 aliphatic rings. The lowest BCUT2D eigenvalue weighted by atomic mass is 10.2. The topological polar surface area (TPSA) is 44.5 Å². The molecule has 0 fully saturated rings. The van der Waals surface area contributed by atoms with E-state index in [4.69, 9.17) is 22.7 Å². The van der Waals surface area contributed by atoms with Crippen molar-refractivity contribution in [2.24, 2.45) is 5.73 Å². The summed E-state index contributed by atoms with van der Waals surface area (Å²) in [5.74, 6) is 0.519. The zero-order chi connectivity index (χ0) is 14.3. The molecule has 0 saturated heterocycles. The van der Waals surface area contributed by atoms with E-state index < -0.39 is 12.8 Å². The van der Waals surface area contributed by atoms with Gasteiger partial charge in [0.05, 0.1) is 18.8 Å². The van der Waals surface area contributed by atoms with E-state index in [1.54, 1.807) is 24.3 Å². The molecule has 1 rings (SSSR count). The van der Waals surface area contributed by atoms with E-state index in [9.17, 15) is 13.2 Å². The highest BCUT2D eigenvalue weighted by molar-refractivity contribution is 7.80. The van der Waals surface area contributed by atoms with Gasteiger partial charge in [-0.2, -0.15) is 13.2 Å². The number of ether oxygens (including phenoxy) is 2. The molecule has 0 bridgehead atoms. The smallest absolute Gasteiger partial charge is 0.411 e. The average Bonchev–Trinajstić information content (AvgIpc) is 2.32. The maximum atomic E-state index is 11.8. The number of nitrogens with two attached hydrogens (primary N) is 1. The fourth-order valence-corrected chi connectivity index (χ4v) is 1.50. The number of benzene rings is 1. The molecule has 0 unspecified atom stereocenters. The van der Waals surface area contributed by atoms with E-state index in [-0.39, 0.29) is 18.2 Å². The first-order valence-corrected chi connectivity index (χ1v) is 5.97. The number of rotatable bonds is 7. The first-order valence-electron chi connectivity index (χ1n) is 5.56. The summed E-state index contributed by atoms with van der Waals surface area (Å²) in [4.78, 5) is 0.212.